The molecule has 18 heteroatoms. The van der Waals surface area contributed by atoms with E-state index in [1.165, 1.54) is 51.4 Å². The van der Waals surface area contributed by atoms with Crippen molar-refractivity contribution in [2.24, 2.45) is 0 Å². The van der Waals surface area contributed by atoms with Gasteiger partial charge in [-0.15, -0.1) is 28.4 Å². The number of amides is 1. The van der Waals surface area contributed by atoms with Gasteiger partial charge in [0.15, 0.2) is 0 Å². The first-order valence-corrected chi connectivity index (χ1v) is 16.6. The Balaban J connectivity index is 0.00000378. The molecular weight excluding hydrogens is 753 g/mol. The number of thiazole rings is 1. The summed E-state index contributed by atoms with van der Waals surface area (Å²) >= 11 is 1.25. The van der Waals surface area contributed by atoms with Crippen LogP contribution in [-0.4, -0.2) is 57.6 Å². The Kier molecular flexibility index (Phi) is 14.9. The van der Waals surface area contributed by atoms with Crippen LogP contribution in [0.25, 0.3) is 11.3 Å². The Labute approximate surface area is 320 Å². The summed E-state index contributed by atoms with van der Waals surface area (Å²) in [5.74, 6) is -2.64. The summed E-state index contributed by atoms with van der Waals surface area (Å²) in [7, 11) is 3.08. The van der Waals surface area contributed by atoms with E-state index in [9.17, 15) is 19.1 Å². The number of halogens is 4. The van der Waals surface area contributed by atoms with Crippen molar-refractivity contribution in [3.63, 3.8) is 0 Å². The fourth-order valence-electron chi connectivity index (χ4n) is 5.25. The molecule has 0 aliphatic carbocycles. The van der Waals surface area contributed by atoms with E-state index in [0.29, 0.717) is 21.8 Å². The summed E-state index contributed by atoms with van der Waals surface area (Å²) < 4.78 is 43.5. The van der Waals surface area contributed by atoms with Gasteiger partial charge in [0.1, 0.15) is 36.2 Å². The zero-order chi connectivity index (χ0) is 36.7. The number of nitrogens with one attached hydrogen (secondary N) is 1. The largest absolute Gasteiger partial charge is 1.00 e. The number of esters is 1. The highest BCUT2D eigenvalue weighted by atomic mass is 35.5. The summed E-state index contributed by atoms with van der Waals surface area (Å²) in [4.78, 5) is 35.1. The van der Waals surface area contributed by atoms with Crippen molar-refractivity contribution >= 4 is 41.6 Å². The van der Waals surface area contributed by atoms with Crippen LogP contribution in [0.4, 0.5) is 19.4 Å². The van der Waals surface area contributed by atoms with Crippen LogP contribution in [0, 0.1) is 23.0 Å². The standard InChI is InChI=1S/C35H35F2N8O5S.2ClH/c1-22(33-42-30(18-51-33)25-9-7-24(15-38)8-10-25)35(48,28-14-27(36)11-12-29(28)37)19-45-21-44(20-41-45)23(2)50-34(47)43(4)32-26(6-5-13-40-32)17-49-31(46)16-39-3;;/h5-14,18,20-23,39,48H,16-17,19H2,1-4H3;2*1H/q+1;;/p-1/t22-,23?,35-;;/m1../s1. The van der Waals surface area contributed by atoms with E-state index in [0.717, 1.165) is 23.8 Å². The topological polar surface area (TPSA) is 159 Å². The van der Waals surface area contributed by atoms with Gasteiger partial charge in [-0.05, 0) is 43.4 Å². The monoisotopic (exact) mass is 788 g/mol. The molecule has 0 aliphatic rings. The van der Waals surface area contributed by atoms with E-state index in [1.54, 1.807) is 62.7 Å². The average Bonchev–Trinajstić information content (AvgIpc) is 3.82. The van der Waals surface area contributed by atoms with Crippen LogP contribution in [0.1, 0.15) is 47.7 Å². The Morgan fingerprint density at radius 2 is 1.92 bits per heavy atom. The molecule has 0 aliphatic heterocycles. The molecule has 3 atom stereocenters. The van der Waals surface area contributed by atoms with Gasteiger partial charge in [-0.3, -0.25) is 9.69 Å². The number of hydrogen-bond acceptors (Lipinski definition) is 11. The molecule has 0 radical (unpaired) electrons. The van der Waals surface area contributed by atoms with Crippen LogP contribution in [0.2, 0.25) is 0 Å². The first-order valence-electron chi connectivity index (χ1n) is 15.7. The number of ether oxygens (including phenoxy) is 2. The minimum absolute atomic E-state index is 0. The molecule has 2 aromatic carbocycles. The Hall–Kier alpha value is -5.05. The van der Waals surface area contributed by atoms with Gasteiger partial charge >= 0.3 is 12.1 Å². The number of carbonyl (C=O) groups is 2. The van der Waals surface area contributed by atoms with Crippen molar-refractivity contribution in [3.8, 4) is 17.3 Å². The van der Waals surface area contributed by atoms with Crippen LogP contribution in [0.3, 0.4) is 0 Å². The minimum atomic E-state index is -2.04. The van der Waals surface area contributed by atoms with E-state index in [2.05, 4.69) is 21.5 Å². The van der Waals surface area contributed by atoms with Crippen LogP contribution < -0.4 is 27.2 Å². The maximum Gasteiger partial charge on any atom is 0.418 e. The number of nitriles is 1. The number of likely N-dealkylation sites (N-methyl/N-ethyl adjacent to an activating group) is 1. The number of pyridine rings is 1. The molecule has 0 fully saturated rings. The third-order valence-corrected chi connectivity index (χ3v) is 9.20. The van der Waals surface area contributed by atoms with Crippen LogP contribution in [0.5, 0.6) is 0 Å². The fourth-order valence-corrected chi connectivity index (χ4v) is 6.22. The highest BCUT2D eigenvalue weighted by molar-refractivity contribution is 7.10. The molecule has 0 bridgehead atoms. The van der Waals surface area contributed by atoms with Crippen molar-refractivity contribution in [3.05, 3.63) is 112 Å². The van der Waals surface area contributed by atoms with Gasteiger partial charge in [-0.25, -0.2) is 23.5 Å². The average molecular weight is 790 g/mol. The summed E-state index contributed by atoms with van der Waals surface area (Å²) in [6.45, 7) is 2.85. The normalized spacial score (nSPS) is 12.9. The first-order chi connectivity index (χ1) is 24.4. The second kappa shape index (κ2) is 18.6. The van der Waals surface area contributed by atoms with Gasteiger partial charge in [-0.2, -0.15) is 9.83 Å². The smallest absolute Gasteiger partial charge is 0.418 e. The SMILES string of the molecule is CNCC(=O)OCc1cccnc1N(C)C(=O)OC(C)[n+]1cnn(C[C@](O)(c2cc(F)ccc2F)[C@H](C)c2nc(-c3ccc(C#N)cc3)cs2)c1.Cl.[Cl-]. The number of nitrogens with zero attached hydrogens (tertiary/aromatic N) is 7. The molecule has 2 N–H and O–H groups in total. The van der Waals surface area contributed by atoms with Gasteiger partial charge in [0.2, 0.25) is 12.6 Å². The van der Waals surface area contributed by atoms with Crippen molar-refractivity contribution in [1.82, 2.24) is 25.1 Å². The van der Waals surface area contributed by atoms with E-state index in [1.807, 2.05) is 0 Å². The van der Waals surface area contributed by atoms with E-state index < -0.39 is 41.4 Å². The number of rotatable bonds is 13. The number of hydrogen-bond donors (Lipinski definition) is 2. The highest BCUT2D eigenvalue weighted by Gasteiger charge is 2.43. The van der Waals surface area contributed by atoms with E-state index in [-0.39, 0.29) is 55.9 Å². The third-order valence-electron chi connectivity index (χ3n) is 8.18. The van der Waals surface area contributed by atoms with E-state index in [4.69, 9.17) is 19.7 Å². The number of carbonyl (C=O) groups excluding carboxylic acids is 2. The maximum atomic E-state index is 15.3. The lowest BCUT2D eigenvalue weighted by Gasteiger charge is -2.32. The van der Waals surface area contributed by atoms with Crippen molar-refractivity contribution < 1.29 is 49.9 Å². The Morgan fingerprint density at radius 1 is 1.19 bits per heavy atom. The second-order valence-corrected chi connectivity index (χ2v) is 12.5. The fraction of sp³-hybridized carbons (Fsp3) is 0.286. The molecule has 3 aromatic heterocycles. The molecule has 0 spiro atoms. The van der Waals surface area contributed by atoms with Crippen molar-refractivity contribution in [1.29, 1.82) is 5.26 Å². The van der Waals surface area contributed by atoms with Crippen LogP contribution >= 0.6 is 23.7 Å². The first kappa shape index (κ1) is 42.4. The summed E-state index contributed by atoms with van der Waals surface area (Å²) in [6.07, 6.45) is 2.65. The number of anilines is 1. The molecule has 13 nitrogen and oxygen atoms in total. The van der Waals surface area contributed by atoms with E-state index >= 15 is 4.39 Å². The summed E-state index contributed by atoms with van der Waals surface area (Å²) in [6, 6.07) is 15.1. The Bertz CT molecular complexity index is 2060. The molecule has 1 amide bonds. The molecule has 0 saturated carbocycles. The lowest BCUT2D eigenvalue weighted by molar-refractivity contribution is -0.753. The van der Waals surface area contributed by atoms with Gasteiger partial charge in [0.25, 0.3) is 6.33 Å². The zero-order valence-corrected chi connectivity index (χ0v) is 31.3. The molecular formula is C35H36Cl2F2N8O5S. The summed E-state index contributed by atoms with van der Waals surface area (Å²) in [5.41, 5.74) is 0.000750. The lowest BCUT2D eigenvalue weighted by atomic mass is 9.82. The van der Waals surface area contributed by atoms with Crippen molar-refractivity contribution in [2.45, 2.75) is 44.7 Å². The van der Waals surface area contributed by atoms with Gasteiger partial charge in [0.05, 0.1) is 28.9 Å². The molecule has 280 valence electrons. The summed E-state index contributed by atoms with van der Waals surface area (Å²) in [5, 5.41) is 30.6. The van der Waals surface area contributed by atoms with Crippen molar-refractivity contribution in [2.75, 3.05) is 25.5 Å². The Morgan fingerprint density at radius 3 is 2.62 bits per heavy atom. The van der Waals surface area contributed by atoms with Crippen LogP contribution in [0.15, 0.2) is 78.8 Å². The van der Waals surface area contributed by atoms with Gasteiger partial charge in [0, 0.05) is 53.3 Å². The third kappa shape index (κ3) is 9.89. The maximum absolute atomic E-state index is 15.3. The van der Waals surface area contributed by atoms with Gasteiger partial charge in [-0.1, -0.05) is 25.1 Å². The predicted molar refractivity (Wildman–Crippen MR) is 188 cm³/mol. The second-order valence-electron chi connectivity index (χ2n) is 11.6. The molecule has 5 aromatic rings. The number of benzene rings is 2. The number of aliphatic hydroxyl groups is 1. The molecule has 1 unspecified atom stereocenters. The molecule has 5 rings (SSSR count). The predicted octanol–water partition coefficient (Wildman–Crippen LogP) is 2.01. The van der Waals surface area contributed by atoms with Crippen LogP contribution in [-0.2, 0) is 33.0 Å². The molecule has 3 heterocycles. The molecule has 53 heavy (non-hydrogen) atoms. The zero-order valence-electron chi connectivity index (χ0n) is 28.9. The van der Waals surface area contributed by atoms with Gasteiger partial charge < -0.3 is 32.3 Å². The number of aromatic nitrogens is 5. The highest BCUT2D eigenvalue weighted by Crippen LogP contribution is 2.41. The lowest BCUT2D eigenvalue weighted by Crippen LogP contribution is -3.00. The quantitative estimate of drug-likeness (QED) is 0.134. The molecule has 0 saturated heterocycles. The minimum Gasteiger partial charge on any atom is -1.00 e.